The van der Waals surface area contributed by atoms with Crippen molar-refractivity contribution in [2.45, 2.75) is 52.2 Å². The number of rotatable bonds is 6. The van der Waals surface area contributed by atoms with Crippen LogP contribution in [0.1, 0.15) is 40.0 Å². The van der Waals surface area contributed by atoms with Crippen LogP contribution < -0.4 is 5.32 Å². The van der Waals surface area contributed by atoms with Gasteiger partial charge in [-0.15, -0.1) is 0 Å². The molecule has 0 aromatic rings. The number of amidine groups is 1. The molecule has 1 fully saturated rings. The first-order valence-corrected chi connectivity index (χ1v) is 8.99. The zero-order chi connectivity index (χ0) is 16.3. The molecule has 0 spiro atoms. The van der Waals surface area contributed by atoms with Gasteiger partial charge in [-0.05, 0) is 18.8 Å². The highest BCUT2D eigenvalue weighted by atomic mass is 32.2. The summed E-state index contributed by atoms with van der Waals surface area (Å²) < 4.78 is 0. The predicted octanol–water partition coefficient (Wildman–Crippen LogP) is 2.11. The second-order valence-corrected chi connectivity index (χ2v) is 7.32. The summed E-state index contributed by atoms with van der Waals surface area (Å²) in [5.74, 6) is 1.32. The number of carbonyl (C=O) groups is 2. The lowest BCUT2D eigenvalue weighted by molar-refractivity contribution is -0.127. The molecule has 0 saturated carbocycles. The maximum absolute atomic E-state index is 12.3. The van der Waals surface area contributed by atoms with Crippen LogP contribution in [0.5, 0.6) is 0 Å². The highest BCUT2D eigenvalue weighted by Gasteiger charge is 2.48. The molecular formula is C15H26N4O2S. The third-order valence-corrected chi connectivity index (χ3v) is 5.09. The van der Waals surface area contributed by atoms with Gasteiger partial charge in [-0.1, -0.05) is 39.0 Å². The van der Waals surface area contributed by atoms with E-state index in [0.29, 0.717) is 5.92 Å². The van der Waals surface area contributed by atoms with E-state index in [1.807, 2.05) is 0 Å². The molecule has 2 heterocycles. The SMILES string of the molecule is CCCCSC1=NC2C(C(=O)NC(=O)N2C)N1CCC(C)C. The number of fused-ring (bicyclic) bond motifs is 1. The van der Waals surface area contributed by atoms with Gasteiger partial charge in [0.05, 0.1) is 0 Å². The van der Waals surface area contributed by atoms with Crippen molar-refractivity contribution in [1.29, 1.82) is 0 Å². The van der Waals surface area contributed by atoms with Gasteiger partial charge in [0, 0.05) is 19.3 Å². The summed E-state index contributed by atoms with van der Waals surface area (Å²) in [4.78, 5) is 32.4. The van der Waals surface area contributed by atoms with E-state index in [9.17, 15) is 9.59 Å². The quantitative estimate of drug-likeness (QED) is 0.759. The Hall–Kier alpha value is -1.24. The molecule has 124 valence electrons. The molecule has 0 aliphatic carbocycles. The largest absolute Gasteiger partial charge is 0.336 e. The number of imide groups is 1. The maximum Gasteiger partial charge on any atom is 0.325 e. The fourth-order valence-corrected chi connectivity index (χ4v) is 3.73. The van der Waals surface area contributed by atoms with Crippen molar-refractivity contribution in [1.82, 2.24) is 15.1 Å². The molecule has 0 aromatic carbocycles. The monoisotopic (exact) mass is 326 g/mol. The highest BCUT2D eigenvalue weighted by molar-refractivity contribution is 8.13. The lowest BCUT2D eigenvalue weighted by Gasteiger charge is -2.36. The van der Waals surface area contributed by atoms with Crippen LogP contribution in [0.3, 0.4) is 0 Å². The Morgan fingerprint density at radius 1 is 1.36 bits per heavy atom. The van der Waals surface area contributed by atoms with E-state index in [1.165, 1.54) is 4.90 Å². The van der Waals surface area contributed by atoms with Gasteiger partial charge in [0.2, 0.25) is 0 Å². The normalized spacial score (nSPS) is 24.7. The van der Waals surface area contributed by atoms with Gasteiger partial charge in [-0.2, -0.15) is 0 Å². The van der Waals surface area contributed by atoms with Crippen molar-refractivity contribution in [2.75, 3.05) is 19.3 Å². The van der Waals surface area contributed by atoms with Crippen molar-refractivity contribution in [3.8, 4) is 0 Å². The molecular weight excluding hydrogens is 300 g/mol. The van der Waals surface area contributed by atoms with Gasteiger partial charge in [-0.25, -0.2) is 9.79 Å². The number of urea groups is 1. The third kappa shape index (κ3) is 3.56. The zero-order valence-corrected chi connectivity index (χ0v) is 14.7. The lowest BCUT2D eigenvalue weighted by Crippen LogP contribution is -2.63. The van der Waals surface area contributed by atoms with Gasteiger partial charge >= 0.3 is 6.03 Å². The number of amides is 3. The van der Waals surface area contributed by atoms with Crippen molar-refractivity contribution >= 4 is 28.9 Å². The topological polar surface area (TPSA) is 65.0 Å². The van der Waals surface area contributed by atoms with Gasteiger partial charge in [0.15, 0.2) is 17.4 Å². The standard InChI is InChI=1S/C15H26N4O2S/c1-5-6-9-22-15-16-12-11(19(15)8-7-10(2)3)13(20)17-14(21)18(12)4/h10-12H,5-9H2,1-4H3,(H,17,20,21). The second kappa shape index (κ2) is 7.35. The molecule has 2 aliphatic heterocycles. The summed E-state index contributed by atoms with van der Waals surface area (Å²) >= 11 is 1.70. The smallest absolute Gasteiger partial charge is 0.325 e. The molecule has 0 bridgehead atoms. The Kier molecular flexibility index (Phi) is 5.72. The summed E-state index contributed by atoms with van der Waals surface area (Å²) in [6, 6.07) is -0.746. The molecule has 7 heteroatoms. The number of hydrogen-bond acceptors (Lipinski definition) is 5. The molecule has 0 aromatic heterocycles. The lowest BCUT2D eigenvalue weighted by atomic mass is 10.1. The molecule has 1 N–H and O–H groups in total. The maximum atomic E-state index is 12.3. The van der Waals surface area contributed by atoms with E-state index in [1.54, 1.807) is 18.8 Å². The predicted molar refractivity (Wildman–Crippen MR) is 89.8 cm³/mol. The van der Waals surface area contributed by atoms with Gasteiger partial charge in [0.25, 0.3) is 5.91 Å². The Labute approximate surface area is 136 Å². The molecule has 0 radical (unpaired) electrons. The average molecular weight is 326 g/mol. The number of nitrogens with zero attached hydrogens (tertiary/aromatic N) is 3. The number of unbranched alkanes of at least 4 members (excludes halogenated alkanes) is 1. The van der Waals surface area contributed by atoms with Crippen LogP contribution in [0.2, 0.25) is 0 Å². The van der Waals surface area contributed by atoms with E-state index in [2.05, 4.69) is 36.0 Å². The molecule has 3 amide bonds. The molecule has 6 nitrogen and oxygen atoms in total. The molecule has 2 aliphatic rings. The summed E-state index contributed by atoms with van der Waals surface area (Å²) in [5, 5.41) is 3.33. The first-order chi connectivity index (χ1) is 10.5. The van der Waals surface area contributed by atoms with Gasteiger partial charge < -0.3 is 9.80 Å². The Balaban J connectivity index is 2.16. The van der Waals surface area contributed by atoms with Crippen LogP contribution in [0.15, 0.2) is 4.99 Å². The van der Waals surface area contributed by atoms with E-state index < -0.39 is 6.17 Å². The molecule has 22 heavy (non-hydrogen) atoms. The van der Waals surface area contributed by atoms with Crippen molar-refractivity contribution in [2.24, 2.45) is 10.9 Å². The van der Waals surface area contributed by atoms with Crippen molar-refractivity contribution < 1.29 is 9.59 Å². The minimum absolute atomic E-state index is 0.230. The minimum atomic E-state index is -0.391. The number of likely N-dealkylation sites (N-methyl/N-ethyl adjacent to an activating group) is 1. The Morgan fingerprint density at radius 2 is 2.09 bits per heavy atom. The van der Waals surface area contributed by atoms with E-state index in [0.717, 1.165) is 36.7 Å². The molecule has 1 saturated heterocycles. The number of carbonyl (C=O) groups excluding carboxylic acids is 2. The summed E-state index contributed by atoms with van der Waals surface area (Å²) in [6.45, 7) is 7.30. The van der Waals surface area contributed by atoms with Crippen molar-refractivity contribution in [3.63, 3.8) is 0 Å². The number of aliphatic imine (C=N–C) groups is 1. The number of hydrogen-bond donors (Lipinski definition) is 1. The first-order valence-electron chi connectivity index (χ1n) is 8.00. The van der Waals surface area contributed by atoms with E-state index >= 15 is 0 Å². The van der Waals surface area contributed by atoms with Crippen LogP contribution in [-0.2, 0) is 4.79 Å². The van der Waals surface area contributed by atoms with Crippen LogP contribution >= 0.6 is 11.8 Å². The summed E-state index contributed by atoms with van der Waals surface area (Å²) in [6.07, 6.45) is 2.87. The number of thioether (sulfide) groups is 1. The Morgan fingerprint density at radius 3 is 2.73 bits per heavy atom. The molecule has 2 rings (SSSR count). The van der Waals surface area contributed by atoms with Crippen LogP contribution in [0.4, 0.5) is 4.79 Å². The molecule has 2 atom stereocenters. The van der Waals surface area contributed by atoms with Crippen LogP contribution in [0, 0.1) is 5.92 Å². The first kappa shape index (κ1) is 17.1. The fraction of sp³-hybridized carbons (Fsp3) is 0.800. The van der Waals surface area contributed by atoms with Crippen LogP contribution in [0.25, 0.3) is 0 Å². The third-order valence-electron chi connectivity index (χ3n) is 4.00. The van der Waals surface area contributed by atoms with E-state index in [-0.39, 0.29) is 18.0 Å². The van der Waals surface area contributed by atoms with Crippen LogP contribution in [-0.4, -0.2) is 58.5 Å². The second-order valence-electron chi connectivity index (χ2n) is 6.25. The van der Waals surface area contributed by atoms with Gasteiger partial charge in [0.1, 0.15) is 0 Å². The summed E-state index contributed by atoms with van der Waals surface area (Å²) in [7, 11) is 1.70. The minimum Gasteiger partial charge on any atom is -0.336 e. The van der Waals surface area contributed by atoms with E-state index in [4.69, 9.17) is 0 Å². The average Bonchev–Trinajstić information content (AvgIpc) is 2.82. The fourth-order valence-electron chi connectivity index (χ4n) is 2.56. The zero-order valence-electron chi connectivity index (χ0n) is 13.8. The van der Waals surface area contributed by atoms with Crippen molar-refractivity contribution in [3.05, 3.63) is 0 Å². The highest BCUT2D eigenvalue weighted by Crippen LogP contribution is 2.29. The Bertz CT molecular complexity index is 466. The summed E-state index contributed by atoms with van der Waals surface area (Å²) in [5.41, 5.74) is 0. The molecule has 2 unspecified atom stereocenters. The number of nitrogens with one attached hydrogen (secondary N) is 1. The van der Waals surface area contributed by atoms with Gasteiger partial charge in [-0.3, -0.25) is 10.1 Å².